The van der Waals surface area contributed by atoms with Crippen molar-refractivity contribution >= 4 is 5.96 Å². The van der Waals surface area contributed by atoms with Gasteiger partial charge in [-0.25, -0.2) is 0 Å². The highest BCUT2D eigenvalue weighted by molar-refractivity contribution is 5.78. The Morgan fingerprint density at radius 2 is 1.76 bits per heavy atom. The van der Waals surface area contributed by atoms with Crippen molar-refractivity contribution in [1.29, 1.82) is 0 Å². The Hall–Kier alpha value is -0.730. The molecule has 100 valence electrons. The quantitative estimate of drug-likeness (QED) is 0.592. The first kappa shape index (κ1) is 14.3. The molecule has 3 heteroatoms. The van der Waals surface area contributed by atoms with Gasteiger partial charge in [-0.2, -0.15) is 0 Å². The van der Waals surface area contributed by atoms with Crippen LogP contribution in [0.5, 0.6) is 0 Å². The van der Waals surface area contributed by atoms with Gasteiger partial charge in [0.15, 0.2) is 5.96 Å². The third kappa shape index (κ3) is 4.97. The second-order valence-corrected chi connectivity index (χ2v) is 6.08. The molecule has 0 aromatic carbocycles. The fourth-order valence-corrected chi connectivity index (χ4v) is 2.41. The highest BCUT2D eigenvalue weighted by Crippen LogP contribution is 2.24. The van der Waals surface area contributed by atoms with Crippen LogP contribution in [-0.4, -0.2) is 30.0 Å². The zero-order valence-corrected chi connectivity index (χ0v) is 11.9. The lowest BCUT2D eigenvalue weighted by Crippen LogP contribution is -2.45. The van der Waals surface area contributed by atoms with E-state index in [1.54, 1.807) is 0 Å². The Morgan fingerprint density at radius 3 is 2.24 bits per heavy atom. The van der Waals surface area contributed by atoms with Crippen LogP contribution in [0.4, 0.5) is 0 Å². The fraction of sp³-hybridized carbons (Fsp3) is 0.929. The third-order valence-corrected chi connectivity index (χ3v) is 3.24. The van der Waals surface area contributed by atoms with E-state index in [1.165, 1.54) is 25.7 Å². The van der Waals surface area contributed by atoms with Crippen molar-refractivity contribution in [2.45, 2.75) is 59.4 Å². The van der Waals surface area contributed by atoms with Crippen molar-refractivity contribution in [3.63, 3.8) is 0 Å². The molecule has 0 amide bonds. The zero-order valence-electron chi connectivity index (χ0n) is 11.9. The second kappa shape index (κ2) is 6.87. The summed E-state index contributed by atoms with van der Waals surface area (Å²) in [5.41, 5.74) is 6.17. The van der Waals surface area contributed by atoms with E-state index in [4.69, 9.17) is 5.73 Å². The molecule has 0 aliphatic heterocycles. The largest absolute Gasteiger partial charge is 0.370 e. The smallest absolute Gasteiger partial charge is 0.191 e. The van der Waals surface area contributed by atoms with Gasteiger partial charge < -0.3 is 10.6 Å². The molecule has 0 bridgehead atoms. The molecule has 0 atom stereocenters. The topological polar surface area (TPSA) is 41.6 Å². The Kier molecular flexibility index (Phi) is 5.79. The van der Waals surface area contributed by atoms with E-state index in [-0.39, 0.29) is 0 Å². The minimum absolute atomic E-state index is 0.582. The van der Waals surface area contributed by atoms with Crippen LogP contribution in [0.2, 0.25) is 0 Å². The van der Waals surface area contributed by atoms with Crippen molar-refractivity contribution in [3.8, 4) is 0 Å². The molecular formula is C14H29N3. The van der Waals surface area contributed by atoms with Crippen LogP contribution in [0.15, 0.2) is 4.99 Å². The molecule has 0 unspecified atom stereocenters. The van der Waals surface area contributed by atoms with E-state index >= 15 is 0 Å². The van der Waals surface area contributed by atoms with Crippen LogP contribution >= 0.6 is 0 Å². The first-order chi connectivity index (χ1) is 8.00. The van der Waals surface area contributed by atoms with Crippen LogP contribution in [0, 0.1) is 11.8 Å². The molecule has 0 heterocycles. The summed E-state index contributed by atoms with van der Waals surface area (Å²) >= 11 is 0. The van der Waals surface area contributed by atoms with Crippen LogP contribution in [0.3, 0.4) is 0 Å². The van der Waals surface area contributed by atoms with Gasteiger partial charge in [0.05, 0.1) is 0 Å². The minimum Gasteiger partial charge on any atom is -0.370 e. The molecular weight excluding hydrogens is 210 g/mol. The number of nitrogens with two attached hydrogens (primary N) is 1. The lowest BCUT2D eigenvalue weighted by atomic mass is 10.1. The first-order valence-corrected chi connectivity index (χ1v) is 7.07. The molecule has 0 spiro atoms. The predicted molar refractivity (Wildman–Crippen MR) is 75.1 cm³/mol. The van der Waals surface area contributed by atoms with Crippen LogP contribution in [0.25, 0.3) is 0 Å². The highest BCUT2D eigenvalue weighted by Gasteiger charge is 2.24. The van der Waals surface area contributed by atoms with Gasteiger partial charge in [0.2, 0.25) is 0 Å². The number of hydrogen-bond donors (Lipinski definition) is 1. The fourth-order valence-electron chi connectivity index (χ4n) is 2.41. The summed E-state index contributed by atoms with van der Waals surface area (Å²) in [6, 6.07) is 0.633. The molecule has 1 rings (SSSR count). The maximum Gasteiger partial charge on any atom is 0.191 e. The van der Waals surface area contributed by atoms with E-state index in [1.807, 2.05) is 0 Å². The Morgan fingerprint density at radius 1 is 1.18 bits per heavy atom. The summed E-state index contributed by atoms with van der Waals surface area (Å²) in [4.78, 5) is 6.89. The summed E-state index contributed by atoms with van der Waals surface area (Å²) in [7, 11) is 0. The van der Waals surface area contributed by atoms with Crippen molar-refractivity contribution in [2.75, 3.05) is 13.1 Å². The van der Waals surface area contributed by atoms with Crippen molar-refractivity contribution in [2.24, 2.45) is 22.6 Å². The van der Waals surface area contributed by atoms with E-state index in [2.05, 4.69) is 37.6 Å². The number of aliphatic imine (C=N–C) groups is 1. The van der Waals surface area contributed by atoms with Crippen LogP contribution in [0.1, 0.15) is 53.4 Å². The molecule has 0 aromatic rings. The average Bonchev–Trinajstić information content (AvgIpc) is 2.75. The molecule has 1 saturated carbocycles. The van der Waals surface area contributed by atoms with Gasteiger partial charge in [-0.3, -0.25) is 4.99 Å². The van der Waals surface area contributed by atoms with Gasteiger partial charge in [0.25, 0.3) is 0 Å². The number of hydrogen-bond acceptors (Lipinski definition) is 1. The van der Waals surface area contributed by atoms with Crippen LogP contribution < -0.4 is 5.73 Å². The second-order valence-electron chi connectivity index (χ2n) is 6.08. The summed E-state index contributed by atoms with van der Waals surface area (Å²) in [5, 5.41) is 0. The maximum absolute atomic E-state index is 6.17. The van der Waals surface area contributed by atoms with Gasteiger partial charge >= 0.3 is 0 Å². The van der Waals surface area contributed by atoms with E-state index in [9.17, 15) is 0 Å². The molecule has 1 aliphatic carbocycles. The molecule has 2 N–H and O–H groups in total. The number of guanidine groups is 1. The van der Waals surface area contributed by atoms with Gasteiger partial charge in [-0.05, 0) is 24.7 Å². The van der Waals surface area contributed by atoms with Gasteiger partial charge in [0.1, 0.15) is 0 Å². The van der Waals surface area contributed by atoms with Gasteiger partial charge in [-0.1, -0.05) is 40.5 Å². The summed E-state index contributed by atoms with van der Waals surface area (Å²) in [6.45, 7) is 10.7. The molecule has 17 heavy (non-hydrogen) atoms. The Labute approximate surface area is 106 Å². The van der Waals surface area contributed by atoms with Gasteiger partial charge in [-0.15, -0.1) is 0 Å². The van der Waals surface area contributed by atoms with Crippen molar-refractivity contribution < 1.29 is 0 Å². The molecule has 3 nitrogen and oxygen atoms in total. The Balaban J connectivity index is 2.63. The first-order valence-electron chi connectivity index (χ1n) is 7.07. The van der Waals surface area contributed by atoms with Crippen molar-refractivity contribution in [1.82, 2.24) is 4.90 Å². The standard InChI is InChI=1S/C14H29N3/c1-11(2)9-16-14(15)17(10-12(3)4)13-7-5-6-8-13/h11-13H,5-10H2,1-4H3,(H2,15,16). The van der Waals surface area contributed by atoms with Crippen molar-refractivity contribution in [3.05, 3.63) is 0 Å². The third-order valence-electron chi connectivity index (χ3n) is 3.24. The predicted octanol–water partition coefficient (Wildman–Crippen LogP) is 2.86. The number of rotatable bonds is 5. The molecule has 0 aromatic heterocycles. The molecule has 0 saturated heterocycles. The van der Waals surface area contributed by atoms with E-state index in [0.29, 0.717) is 17.9 Å². The molecule has 1 fully saturated rings. The summed E-state index contributed by atoms with van der Waals surface area (Å²) in [6.07, 6.45) is 5.25. The highest BCUT2D eigenvalue weighted by atomic mass is 15.3. The lowest BCUT2D eigenvalue weighted by Gasteiger charge is -2.31. The zero-order chi connectivity index (χ0) is 12.8. The monoisotopic (exact) mass is 239 g/mol. The van der Waals surface area contributed by atoms with E-state index in [0.717, 1.165) is 19.0 Å². The van der Waals surface area contributed by atoms with Crippen LogP contribution in [-0.2, 0) is 0 Å². The lowest BCUT2D eigenvalue weighted by molar-refractivity contribution is 0.279. The summed E-state index contributed by atoms with van der Waals surface area (Å²) in [5.74, 6) is 1.99. The normalized spacial score (nSPS) is 18.4. The SMILES string of the molecule is CC(C)CN=C(N)N(CC(C)C)C1CCCC1. The average molecular weight is 239 g/mol. The summed E-state index contributed by atoms with van der Waals surface area (Å²) < 4.78 is 0. The maximum atomic E-state index is 6.17. The molecule has 0 radical (unpaired) electrons. The van der Waals surface area contributed by atoms with E-state index < -0.39 is 0 Å². The molecule has 1 aliphatic rings. The Bertz CT molecular complexity index is 240. The van der Waals surface area contributed by atoms with Gasteiger partial charge in [0, 0.05) is 19.1 Å². The number of nitrogens with zero attached hydrogens (tertiary/aromatic N) is 2. The minimum atomic E-state index is 0.582.